The van der Waals surface area contributed by atoms with Crippen molar-refractivity contribution in [1.82, 2.24) is 5.16 Å². The molecular weight excluding hydrogens is 218 g/mol. The molecule has 0 bridgehead atoms. The number of aryl methyl sites for hydroxylation is 1. The number of amides is 1. The lowest BCUT2D eigenvalue weighted by atomic mass is 10.1. The van der Waals surface area contributed by atoms with Gasteiger partial charge in [0.05, 0.1) is 0 Å². The van der Waals surface area contributed by atoms with Gasteiger partial charge in [-0.3, -0.25) is 4.79 Å². The topological polar surface area (TPSA) is 95.1 Å². The van der Waals surface area contributed by atoms with Crippen molar-refractivity contribution in [2.24, 2.45) is 5.73 Å². The van der Waals surface area contributed by atoms with Crippen molar-refractivity contribution in [3.63, 3.8) is 0 Å². The van der Waals surface area contributed by atoms with Gasteiger partial charge in [0, 0.05) is 5.56 Å². The van der Waals surface area contributed by atoms with Gasteiger partial charge in [0.2, 0.25) is 5.76 Å². The predicted octanol–water partition coefficient (Wildman–Crippen LogP) is 1.59. The number of benzene rings is 1. The quantitative estimate of drug-likeness (QED) is 0.838. The Morgan fingerprint density at radius 3 is 2.47 bits per heavy atom. The van der Waals surface area contributed by atoms with Crippen LogP contribution in [0.5, 0.6) is 0 Å². The minimum Gasteiger partial charge on any atom is -0.394 e. The molecule has 0 saturated heterocycles. The van der Waals surface area contributed by atoms with Crippen molar-refractivity contribution in [1.29, 1.82) is 0 Å². The fraction of sp³-hybridized carbons (Fsp3) is 0.167. The lowest BCUT2D eigenvalue weighted by molar-refractivity contribution is 0.0966. The summed E-state index contributed by atoms with van der Waals surface area (Å²) in [7, 11) is 0. The van der Waals surface area contributed by atoms with Crippen LogP contribution in [0.3, 0.4) is 0 Å². The number of aromatic nitrogens is 1. The molecule has 0 aliphatic carbocycles. The number of nitrogens with two attached hydrogens (primary N) is 2. The number of hydrogen-bond acceptors (Lipinski definition) is 4. The summed E-state index contributed by atoms with van der Waals surface area (Å²) in [6, 6.07) is 7.73. The molecule has 17 heavy (non-hydrogen) atoms. The average molecular weight is 231 g/mol. The second kappa shape index (κ2) is 4.29. The molecule has 0 atom stereocenters. The SMILES string of the molecule is CCc1ccc(-c2noc(C(N)=O)c2N)cc1. The molecule has 1 heterocycles. The number of nitrogens with zero attached hydrogens (tertiary/aromatic N) is 1. The van der Waals surface area contributed by atoms with E-state index in [0.717, 1.165) is 12.0 Å². The normalized spacial score (nSPS) is 10.4. The number of anilines is 1. The Morgan fingerprint density at radius 1 is 1.35 bits per heavy atom. The molecule has 2 rings (SSSR count). The third kappa shape index (κ3) is 1.99. The molecule has 2 aromatic rings. The minimum atomic E-state index is -0.716. The van der Waals surface area contributed by atoms with E-state index in [2.05, 4.69) is 12.1 Å². The summed E-state index contributed by atoms with van der Waals surface area (Å²) in [5.74, 6) is -0.814. The van der Waals surface area contributed by atoms with E-state index in [-0.39, 0.29) is 11.4 Å². The lowest BCUT2D eigenvalue weighted by Crippen LogP contribution is -2.11. The highest BCUT2D eigenvalue weighted by atomic mass is 16.5. The monoisotopic (exact) mass is 231 g/mol. The summed E-state index contributed by atoms with van der Waals surface area (Å²) in [5.41, 5.74) is 13.5. The second-order valence-corrected chi connectivity index (χ2v) is 3.69. The van der Waals surface area contributed by atoms with E-state index >= 15 is 0 Å². The number of rotatable bonds is 3. The molecule has 0 aliphatic heterocycles. The molecule has 5 heteroatoms. The van der Waals surface area contributed by atoms with Crippen molar-refractivity contribution < 1.29 is 9.32 Å². The third-order valence-electron chi connectivity index (χ3n) is 2.59. The van der Waals surface area contributed by atoms with Crippen LogP contribution in [0.25, 0.3) is 11.3 Å². The Morgan fingerprint density at radius 2 is 2.00 bits per heavy atom. The highest BCUT2D eigenvalue weighted by molar-refractivity contribution is 5.98. The van der Waals surface area contributed by atoms with E-state index < -0.39 is 5.91 Å². The van der Waals surface area contributed by atoms with Crippen molar-refractivity contribution in [3.8, 4) is 11.3 Å². The van der Waals surface area contributed by atoms with E-state index in [1.807, 2.05) is 24.3 Å². The summed E-state index contributed by atoms with van der Waals surface area (Å²) in [6.45, 7) is 2.07. The molecule has 0 unspecified atom stereocenters. The molecular formula is C12H13N3O2. The van der Waals surface area contributed by atoms with Crippen LogP contribution in [0.1, 0.15) is 23.0 Å². The van der Waals surface area contributed by atoms with Crippen LogP contribution in [0, 0.1) is 0 Å². The third-order valence-corrected chi connectivity index (χ3v) is 2.59. The smallest absolute Gasteiger partial charge is 0.289 e. The maximum absolute atomic E-state index is 11.0. The van der Waals surface area contributed by atoms with Crippen LogP contribution in [-0.4, -0.2) is 11.1 Å². The Hall–Kier alpha value is -2.30. The van der Waals surface area contributed by atoms with Crippen LogP contribution in [-0.2, 0) is 6.42 Å². The summed E-state index contributed by atoms with van der Waals surface area (Å²) in [5, 5.41) is 3.76. The van der Waals surface area contributed by atoms with Crippen LogP contribution < -0.4 is 11.5 Å². The summed E-state index contributed by atoms with van der Waals surface area (Å²) < 4.78 is 4.82. The van der Waals surface area contributed by atoms with Gasteiger partial charge in [0.1, 0.15) is 11.4 Å². The first-order chi connectivity index (χ1) is 8.13. The van der Waals surface area contributed by atoms with Gasteiger partial charge in [-0.1, -0.05) is 36.3 Å². The molecule has 4 N–H and O–H groups in total. The van der Waals surface area contributed by atoms with Crippen LogP contribution >= 0.6 is 0 Å². The molecule has 88 valence electrons. The van der Waals surface area contributed by atoms with Gasteiger partial charge < -0.3 is 16.0 Å². The molecule has 5 nitrogen and oxygen atoms in total. The molecule has 0 radical (unpaired) electrons. The van der Waals surface area contributed by atoms with E-state index in [9.17, 15) is 4.79 Å². The zero-order chi connectivity index (χ0) is 12.4. The van der Waals surface area contributed by atoms with Gasteiger partial charge in [-0.25, -0.2) is 0 Å². The van der Waals surface area contributed by atoms with Crippen LogP contribution in [0.2, 0.25) is 0 Å². The molecule has 1 aromatic carbocycles. The Labute approximate surface area is 98.4 Å². The fourth-order valence-electron chi connectivity index (χ4n) is 1.58. The van der Waals surface area contributed by atoms with Crippen molar-refractivity contribution in [2.45, 2.75) is 13.3 Å². The van der Waals surface area contributed by atoms with E-state index in [1.54, 1.807) is 0 Å². The van der Waals surface area contributed by atoms with Crippen molar-refractivity contribution >= 4 is 11.6 Å². The number of carbonyl (C=O) groups is 1. The average Bonchev–Trinajstić information content (AvgIpc) is 2.71. The van der Waals surface area contributed by atoms with Gasteiger partial charge >= 0.3 is 0 Å². The van der Waals surface area contributed by atoms with Gasteiger partial charge in [-0.2, -0.15) is 0 Å². The number of nitrogen functional groups attached to an aromatic ring is 1. The number of primary amides is 1. The maximum atomic E-state index is 11.0. The summed E-state index contributed by atoms with van der Waals surface area (Å²) in [6.07, 6.45) is 0.959. The van der Waals surface area contributed by atoms with Gasteiger partial charge in [-0.15, -0.1) is 0 Å². The maximum Gasteiger partial charge on any atom is 0.289 e. The zero-order valence-electron chi connectivity index (χ0n) is 9.43. The van der Waals surface area contributed by atoms with E-state index in [0.29, 0.717) is 5.69 Å². The minimum absolute atomic E-state index is 0.0976. The lowest BCUT2D eigenvalue weighted by Gasteiger charge is -1.99. The molecule has 1 amide bonds. The van der Waals surface area contributed by atoms with Gasteiger partial charge in [0.25, 0.3) is 5.91 Å². The highest BCUT2D eigenvalue weighted by Gasteiger charge is 2.18. The van der Waals surface area contributed by atoms with Crippen molar-refractivity contribution in [3.05, 3.63) is 35.6 Å². The number of hydrogen-bond donors (Lipinski definition) is 2. The zero-order valence-corrected chi connectivity index (χ0v) is 9.43. The molecule has 0 aliphatic rings. The van der Waals surface area contributed by atoms with E-state index in [4.69, 9.17) is 16.0 Å². The van der Waals surface area contributed by atoms with Crippen molar-refractivity contribution in [2.75, 3.05) is 5.73 Å². The first-order valence-corrected chi connectivity index (χ1v) is 5.27. The first-order valence-electron chi connectivity index (χ1n) is 5.27. The first kappa shape index (κ1) is 11.2. The Kier molecular flexibility index (Phi) is 2.82. The molecule has 0 saturated carbocycles. The Balaban J connectivity index is 2.42. The van der Waals surface area contributed by atoms with E-state index in [1.165, 1.54) is 5.56 Å². The fourth-order valence-corrected chi connectivity index (χ4v) is 1.58. The summed E-state index contributed by atoms with van der Waals surface area (Å²) in [4.78, 5) is 11.0. The Bertz CT molecular complexity index is 543. The van der Waals surface area contributed by atoms with Gasteiger partial charge in [0.15, 0.2) is 0 Å². The molecule has 1 aromatic heterocycles. The van der Waals surface area contributed by atoms with Crippen LogP contribution in [0.4, 0.5) is 5.69 Å². The molecule has 0 spiro atoms. The largest absolute Gasteiger partial charge is 0.394 e. The molecule has 0 fully saturated rings. The predicted molar refractivity (Wildman–Crippen MR) is 64.2 cm³/mol. The summed E-state index contributed by atoms with van der Waals surface area (Å²) >= 11 is 0. The van der Waals surface area contributed by atoms with Gasteiger partial charge in [-0.05, 0) is 12.0 Å². The van der Waals surface area contributed by atoms with Crippen LogP contribution in [0.15, 0.2) is 28.8 Å². The number of carbonyl (C=O) groups excluding carboxylic acids is 1. The second-order valence-electron chi connectivity index (χ2n) is 3.69. The highest BCUT2D eigenvalue weighted by Crippen LogP contribution is 2.27. The standard InChI is InChI=1S/C12H13N3O2/c1-2-7-3-5-8(6-4-7)10-9(13)11(12(14)16)17-15-10/h3-6H,2,13H2,1H3,(H2,14,16).